The number of anilines is 1. The van der Waals surface area contributed by atoms with E-state index in [0.29, 0.717) is 16.8 Å². The van der Waals surface area contributed by atoms with E-state index >= 15 is 0 Å². The van der Waals surface area contributed by atoms with Gasteiger partial charge < -0.3 is 5.11 Å². The predicted molar refractivity (Wildman–Crippen MR) is 72.8 cm³/mol. The van der Waals surface area contributed by atoms with Crippen molar-refractivity contribution in [3.8, 4) is 0 Å². The van der Waals surface area contributed by atoms with Gasteiger partial charge in [-0.05, 0) is 23.3 Å². The number of benzene rings is 1. The number of sulfonamides is 1. The number of nitrogens with zero attached hydrogens (tertiary/aromatic N) is 1. The average molecular weight is 278 g/mol. The fraction of sp³-hybridized carbons (Fsp3) is 0.154. The quantitative estimate of drug-likeness (QED) is 0.869. The zero-order valence-electron chi connectivity index (χ0n) is 10.2. The molecule has 2 aromatic rings. The summed E-state index contributed by atoms with van der Waals surface area (Å²) in [5.41, 5.74) is 1.80. The lowest BCUT2D eigenvalue weighted by Crippen LogP contribution is -2.15. The van der Waals surface area contributed by atoms with Crippen LogP contribution in [0.25, 0.3) is 0 Å². The molecule has 0 saturated heterocycles. The Kier molecular flexibility index (Phi) is 4.13. The molecule has 0 atom stereocenters. The van der Waals surface area contributed by atoms with Crippen LogP contribution in [0, 0.1) is 0 Å². The van der Waals surface area contributed by atoms with Gasteiger partial charge in [0.15, 0.2) is 0 Å². The Hall–Kier alpha value is -1.92. The summed E-state index contributed by atoms with van der Waals surface area (Å²) >= 11 is 0. The summed E-state index contributed by atoms with van der Waals surface area (Å²) in [5, 5.41) is 9.02. The number of hydrogen-bond donors (Lipinski definition) is 2. The molecule has 0 aliphatic rings. The fourth-order valence-corrected chi connectivity index (χ4v) is 2.86. The third kappa shape index (κ3) is 4.04. The highest BCUT2D eigenvalue weighted by Crippen LogP contribution is 2.13. The van der Waals surface area contributed by atoms with Crippen molar-refractivity contribution >= 4 is 15.7 Å². The first-order valence-electron chi connectivity index (χ1n) is 5.68. The number of aliphatic hydroxyl groups is 1. The lowest BCUT2D eigenvalue weighted by Gasteiger charge is -2.08. The molecule has 2 rings (SSSR count). The Labute approximate surface area is 112 Å². The highest BCUT2D eigenvalue weighted by atomic mass is 32.2. The number of aliphatic hydroxyl groups excluding tert-OH is 1. The van der Waals surface area contributed by atoms with Gasteiger partial charge >= 0.3 is 0 Å². The van der Waals surface area contributed by atoms with E-state index in [0.717, 1.165) is 0 Å². The smallest absolute Gasteiger partial charge is 0.236 e. The van der Waals surface area contributed by atoms with E-state index in [1.807, 2.05) is 0 Å². The normalized spacial score (nSPS) is 11.2. The summed E-state index contributed by atoms with van der Waals surface area (Å²) in [6.45, 7) is -0.105. The summed E-state index contributed by atoms with van der Waals surface area (Å²) in [5.74, 6) is -0.136. The Balaban J connectivity index is 2.12. The maximum absolute atomic E-state index is 12.0. The maximum atomic E-state index is 12.0. The molecular weight excluding hydrogens is 264 g/mol. The number of rotatable bonds is 5. The van der Waals surface area contributed by atoms with Gasteiger partial charge in [-0.2, -0.15) is 0 Å². The minimum Gasteiger partial charge on any atom is -0.392 e. The molecule has 0 spiro atoms. The third-order valence-corrected chi connectivity index (χ3v) is 3.74. The SMILES string of the molecule is O=S(=O)(Cc1cccc(CO)c1)Nc1ccncc1. The lowest BCUT2D eigenvalue weighted by molar-refractivity contribution is 0.282. The van der Waals surface area contributed by atoms with Crippen LogP contribution in [0.15, 0.2) is 48.8 Å². The summed E-state index contributed by atoms with van der Waals surface area (Å²) in [6, 6.07) is 10.0. The fourth-order valence-electron chi connectivity index (χ4n) is 1.67. The van der Waals surface area contributed by atoms with Gasteiger partial charge in [0.25, 0.3) is 0 Å². The van der Waals surface area contributed by atoms with E-state index in [9.17, 15) is 8.42 Å². The Morgan fingerprint density at radius 2 is 1.79 bits per heavy atom. The third-order valence-electron chi connectivity index (χ3n) is 2.48. The van der Waals surface area contributed by atoms with Gasteiger partial charge in [-0.25, -0.2) is 8.42 Å². The standard InChI is InChI=1S/C13H14N2O3S/c16-9-11-2-1-3-12(8-11)10-19(17,18)15-13-4-6-14-7-5-13/h1-8,16H,9-10H2,(H,14,15). The molecule has 19 heavy (non-hydrogen) atoms. The first-order valence-corrected chi connectivity index (χ1v) is 7.33. The molecule has 0 aliphatic heterocycles. The molecule has 1 aromatic carbocycles. The van der Waals surface area contributed by atoms with Crippen LogP contribution in [0.3, 0.4) is 0 Å². The topological polar surface area (TPSA) is 79.3 Å². The van der Waals surface area contributed by atoms with E-state index in [-0.39, 0.29) is 12.4 Å². The van der Waals surface area contributed by atoms with Crippen molar-refractivity contribution in [3.05, 3.63) is 59.9 Å². The molecule has 5 nitrogen and oxygen atoms in total. The van der Waals surface area contributed by atoms with Gasteiger partial charge in [0.05, 0.1) is 18.0 Å². The Morgan fingerprint density at radius 1 is 1.11 bits per heavy atom. The average Bonchev–Trinajstić information content (AvgIpc) is 2.39. The minimum absolute atomic E-state index is 0.105. The number of nitrogens with one attached hydrogen (secondary N) is 1. The van der Waals surface area contributed by atoms with Gasteiger partial charge in [-0.15, -0.1) is 0 Å². The molecule has 1 heterocycles. The van der Waals surface area contributed by atoms with Gasteiger partial charge in [-0.3, -0.25) is 9.71 Å². The summed E-state index contributed by atoms with van der Waals surface area (Å²) in [7, 11) is -3.47. The van der Waals surface area contributed by atoms with Crippen molar-refractivity contribution in [2.24, 2.45) is 0 Å². The number of pyridine rings is 1. The summed E-state index contributed by atoms with van der Waals surface area (Å²) in [4.78, 5) is 3.82. The molecule has 0 amide bonds. The maximum Gasteiger partial charge on any atom is 0.236 e. The molecule has 2 N–H and O–H groups in total. The molecule has 0 aliphatic carbocycles. The molecule has 0 saturated carbocycles. The number of aromatic nitrogens is 1. The van der Waals surface area contributed by atoms with Crippen molar-refractivity contribution in [2.45, 2.75) is 12.4 Å². The zero-order chi connectivity index (χ0) is 13.7. The summed E-state index contributed by atoms with van der Waals surface area (Å²) < 4.78 is 26.4. The largest absolute Gasteiger partial charge is 0.392 e. The van der Waals surface area contributed by atoms with Crippen LogP contribution in [0.1, 0.15) is 11.1 Å². The molecule has 0 fully saturated rings. The second-order valence-electron chi connectivity index (χ2n) is 4.08. The van der Waals surface area contributed by atoms with Gasteiger partial charge in [0.1, 0.15) is 0 Å². The molecule has 0 bridgehead atoms. The highest BCUT2D eigenvalue weighted by molar-refractivity contribution is 7.91. The summed E-state index contributed by atoms with van der Waals surface area (Å²) in [6.07, 6.45) is 3.04. The molecule has 100 valence electrons. The van der Waals surface area contributed by atoms with Crippen molar-refractivity contribution in [1.82, 2.24) is 4.98 Å². The highest BCUT2D eigenvalue weighted by Gasteiger charge is 2.11. The molecule has 0 unspecified atom stereocenters. The van der Waals surface area contributed by atoms with E-state index in [4.69, 9.17) is 5.11 Å². The first-order chi connectivity index (χ1) is 9.09. The second kappa shape index (κ2) is 5.81. The van der Waals surface area contributed by atoms with Gasteiger partial charge in [-0.1, -0.05) is 24.3 Å². The van der Waals surface area contributed by atoms with E-state index < -0.39 is 10.0 Å². The predicted octanol–water partition coefficient (Wildman–Crippen LogP) is 1.52. The van der Waals surface area contributed by atoms with Crippen LogP contribution in [0.4, 0.5) is 5.69 Å². The second-order valence-corrected chi connectivity index (χ2v) is 5.80. The van der Waals surface area contributed by atoms with Crippen molar-refractivity contribution in [2.75, 3.05) is 4.72 Å². The van der Waals surface area contributed by atoms with Crippen LogP contribution in [-0.4, -0.2) is 18.5 Å². The van der Waals surface area contributed by atoms with Crippen molar-refractivity contribution in [1.29, 1.82) is 0 Å². The molecular formula is C13H14N2O3S. The molecule has 6 heteroatoms. The van der Waals surface area contributed by atoms with Gasteiger partial charge in [0.2, 0.25) is 10.0 Å². The van der Waals surface area contributed by atoms with E-state index in [1.54, 1.807) is 36.4 Å². The number of hydrogen-bond acceptors (Lipinski definition) is 4. The molecule has 0 radical (unpaired) electrons. The zero-order valence-corrected chi connectivity index (χ0v) is 11.0. The minimum atomic E-state index is -3.47. The lowest BCUT2D eigenvalue weighted by atomic mass is 10.1. The Bertz CT molecular complexity index is 642. The molecule has 1 aromatic heterocycles. The van der Waals surface area contributed by atoms with Crippen LogP contribution in [0.5, 0.6) is 0 Å². The van der Waals surface area contributed by atoms with Gasteiger partial charge in [0, 0.05) is 12.4 Å². The van der Waals surface area contributed by atoms with E-state index in [2.05, 4.69) is 9.71 Å². The van der Waals surface area contributed by atoms with Crippen LogP contribution in [-0.2, 0) is 22.4 Å². The van der Waals surface area contributed by atoms with Crippen LogP contribution < -0.4 is 4.72 Å². The van der Waals surface area contributed by atoms with Crippen LogP contribution >= 0.6 is 0 Å². The van der Waals surface area contributed by atoms with Crippen molar-refractivity contribution < 1.29 is 13.5 Å². The monoisotopic (exact) mass is 278 g/mol. The van der Waals surface area contributed by atoms with E-state index in [1.165, 1.54) is 12.4 Å². The Morgan fingerprint density at radius 3 is 2.47 bits per heavy atom. The van der Waals surface area contributed by atoms with Crippen molar-refractivity contribution in [3.63, 3.8) is 0 Å². The first kappa shape index (κ1) is 13.5. The van der Waals surface area contributed by atoms with Crippen LogP contribution in [0.2, 0.25) is 0 Å².